The van der Waals surface area contributed by atoms with E-state index in [4.69, 9.17) is 9.47 Å². The fraction of sp³-hybridized carbons (Fsp3) is 0.368. The zero-order chi connectivity index (χ0) is 18.0. The fourth-order valence-corrected chi connectivity index (χ4v) is 4.20. The van der Waals surface area contributed by atoms with Gasteiger partial charge in [0.15, 0.2) is 10.6 Å². The van der Waals surface area contributed by atoms with E-state index in [0.29, 0.717) is 22.6 Å². The maximum atomic E-state index is 13.2. The van der Waals surface area contributed by atoms with Gasteiger partial charge < -0.3 is 14.0 Å². The van der Waals surface area contributed by atoms with Crippen LogP contribution in [0.15, 0.2) is 29.1 Å². The van der Waals surface area contributed by atoms with Crippen molar-refractivity contribution in [3.05, 3.63) is 39.5 Å². The van der Waals surface area contributed by atoms with Gasteiger partial charge in [-0.2, -0.15) is 0 Å². The van der Waals surface area contributed by atoms with Gasteiger partial charge in [0.1, 0.15) is 5.39 Å². The molecule has 0 saturated carbocycles. The number of carbonyl (C=O) groups is 1. The summed E-state index contributed by atoms with van der Waals surface area (Å²) in [6.07, 6.45) is 1.90. The monoisotopic (exact) mass is 359 g/mol. The summed E-state index contributed by atoms with van der Waals surface area (Å²) >= 11 is 1.26. The molecule has 0 aliphatic heterocycles. The maximum Gasteiger partial charge on any atom is 0.352 e. The first kappa shape index (κ1) is 17.5. The van der Waals surface area contributed by atoms with Gasteiger partial charge in [0.25, 0.3) is 5.56 Å². The summed E-state index contributed by atoms with van der Waals surface area (Å²) < 4.78 is 13.1. The summed E-state index contributed by atoms with van der Waals surface area (Å²) in [6.45, 7) is 4.76. The van der Waals surface area contributed by atoms with Crippen LogP contribution in [0.4, 0.5) is 0 Å². The van der Waals surface area contributed by atoms with Crippen LogP contribution in [0, 0.1) is 0 Å². The van der Waals surface area contributed by atoms with Crippen molar-refractivity contribution in [2.75, 3.05) is 13.7 Å². The molecule has 0 N–H and O–H groups in total. The lowest BCUT2D eigenvalue weighted by Gasteiger charge is -2.11. The van der Waals surface area contributed by atoms with Gasteiger partial charge in [-0.3, -0.25) is 4.79 Å². The predicted octanol–water partition coefficient (Wildman–Crippen LogP) is 4.20. The molecule has 25 heavy (non-hydrogen) atoms. The van der Waals surface area contributed by atoms with Gasteiger partial charge in [-0.1, -0.05) is 31.5 Å². The summed E-state index contributed by atoms with van der Waals surface area (Å²) in [5.74, 6) is -0.136. The number of hydrogen-bond donors (Lipinski definition) is 0. The molecule has 0 saturated heterocycles. The molecule has 0 atom stereocenters. The predicted molar refractivity (Wildman–Crippen MR) is 101 cm³/mol. The number of aromatic nitrogens is 1. The van der Waals surface area contributed by atoms with E-state index >= 15 is 0 Å². The van der Waals surface area contributed by atoms with Crippen molar-refractivity contribution in [3.8, 4) is 5.75 Å². The van der Waals surface area contributed by atoms with Crippen molar-refractivity contribution in [1.82, 2.24) is 4.57 Å². The summed E-state index contributed by atoms with van der Waals surface area (Å²) in [7, 11) is 1.48. The van der Waals surface area contributed by atoms with Gasteiger partial charge in [0.2, 0.25) is 0 Å². The van der Waals surface area contributed by atoms with Crippen LogP contribution in [0.3, 0.4) is 0 Å². The van der Waals surface area contributed by atoms with Crippen LogP contribution < -0.4 is 10.3 Å². The van der Waals surface area contributed by atoms with Crippen molar-refractivity contribution >= 4 is 38.3 Å². The number of unbranched alkanes of at least 4 members (excludes halogenated alkanes) is 1. The molecule has 2 aromatic heterocycles. The number of fused-ring (bicyclic) bond motifs is 3. The number of para-hydroxylation sites is 1. The summed E-state index contributed by atoms with van der Waals surface area (Å²) in [4.78, 5) is 25.8. The number of aryl methyl sites for hydroxylation is 1. The lowest BCUT2D eigenvalue weighted by Crippen LogP contribution is -2.21. The second-order valence-electron chi connectivity index (χ2n) is 5.72. The Bertz CT molecular complexity index is 986. The molecular formula is C19H21NO4S. The largest absolute Gasteiger partial charge is 0.494 e. The molecule has 0 fully saturated rings. The Balaban J connectivity index is 2.40. The summed E-state index contributed by atoms with van der Waals surface area (Å²) in [5.41, 5.74) is 0.763. The van der Waals surface area contributed by atoms with E-state index in [1.54, 1.807) is 11.5 Å². The van der Waals surface area contributed by atoms with E-state index in [2.05, 4.69) is 6.92 Å². The molecule has 6 heteroatoms. The molecule has 0 bridgehead atoms. The molecular weight excluding hydrogens is 338 g/mol. The number of esters is 1. The van der Waals surface area contributed by atoms with Crippen LogP contribution in [0.5, 0.6) is 5.75 Å². The third-order valence-electron chi connectivity index (χ3n) is 4.16. The van der Waals surface area contributed by atoms with Crippen LogP contribution in [-0.2, 0) is 11.3 Å². The molecule has 2 heterocycles. The van der Waals surface area contributed by atoms with Crippen molar-refractivity contribution in [3.63, 3.8) is 0 Å². The Morgan fingerprint density at radius 3 is 2.68 bits per heavy atom. The number of thiophene rings is 1. The third-order valence-corrected chi connectivity index (χ3v) is 5.35. The van der Waals surface area contributed by atoms with E-state index in [0.717, 1.165) is 28.4 Å². The molecule has 0 amide bonds. The van der Waals surface area contributed by atoms with E-state index in [1.165, 1.54) is 18.4 Å². The second kappa shape index (κ2) is 7.27. The molecule has 3 rings (SSSR count). The van der Waals surface area contributed by atoms with Crippen LogP contribution in [-0.4, -0.2) is 24.3 Å². The van der Waals surface area contributed by atoms with E-state index in [1.807, 2.05) is 24.3 Å². The highest BCUT2D eigenvalue weighted by Crippen LogP contribution is 2.39. The fourth-order valence-electron chi connectivity index (χ4n) is 3.01. The molecule has 0 aliphatic carbocycles. The van der Waals surface area contributed by atoms with Crippen LogP contribution in [0.2, 0.25) is 0 Å². The van der Waals surface area contributed by atoms with Gasteiger partial charge in [0.05, 0.1) is 23.9 Å². The minimum atomic E-state index is -0.455. The highest BCUT2D eigenvalue weighted by atomic mass is 32.1. The summed E-state index contributed by atoms with van der Waals surface area (Å²) in [6, 6.07) is 7.78. The van der Waals surface area contributed by atoms with Gasteiger partial charge in [-0.25, -0.2) is 4.79 Å². The second-order valence-corrected chi connectivity index (χ2v) is 6.74. The number of methoxy groups -OCH3 is 1. The van der Waals surface area contributed by atoms with Crippen molar-refractivity contribution < 1.29 is 14.3 Å². The number of rotatable bonds is 6. The summed E-state index contributed by atoms with van der Waals surface area (Å²) in [5, 5.41) is 1.41. The standard InChI is InChI=1S/C19H21NO4S/c1-4-6-11-20-13-10-8-7-9-12(13)16-14(18(20)21)15(23-3)17(25-16)19(22)24-5-2/h7-10H,4-6,11H2,1-3H3. The molecule has 1 aromatic carbocycles. The average Bonchev–Trinajstić information content (AvgIpc) is 3.02. The third kappa shape index (κ3) is 2.91. The SMILES string of the molecule is CCCCn1c(=O)c2c(OC)c(C(=O)OCC)sc2c2ccccc21. The Hall–Kier alpha value is -2.34. The first-order chi connectivity index (χ1) is 12.1. The van der Waals surface area contributed by atoms with E-state index < -0.39 is 5.97 Å². The topological polar surface area (TPSA) is 57.5 Å². The minimum absolute atomic E-state index is 0.120. The number of benzene rings is 1. The van der Waals surface area contributed by atoms with Gasteiger partial charge in [0, 0.05) is 11.9 Å². The number of carbonyl (C=O) groups excluding carboxylic acids is 1. The number of pyridine rings is 1. The van der Waals surface area contributed by atoms with Crippen molar-refractivity contribution in [2.45, 2.75) is 33.2 Å². The van der Waals surface area contributed by atoms with Crippen LogP contribution >= 0.6 is 11.3 Å². The number of nitrogens with zero attached hydrogens (tertiary/aromatic N) is 1. The Morgan fingerprint density at radius 1 is 1.24 bits per heavy atom. The molecule has 0 unspecified atom stereocenters. The average molecular weight is 359 g/mol. The lowest BCUT2D eigenvalue weighted by molar-refractivity contribution is 0.0529. The molecule has 5 nitrogen and oxygen atoms in total. The molecule has 132 valence electrons. The van der Waals surface area contributed by atoms with Crippen LogP contribution in [0.25, 0.3) is 21.0 Å². The number of ether oxygens (including phenoxy) is 2. The highest BCUT2D eigenvalue weighted by Gasteiger charge is 2.25. The molecule has 0 radical (unpaired) electrons. The molecule has 0 aliphatic rings. The lowest BCUT2D eigenvalue weighted by atomic mass is 10.1. The quantitative estimate of drug-likeness (QED) is 0.619. The first-order valence-electron chi connectivity index (χ1n) is 8.43. The van der Waals surface area contributed by atoms with E-state index in [9.17, 15) is 9.59 Å². The zero-order valence-corrected chi connectivity index (χ0v) is 15.4. The molecule has 3 aromatic rings. The maximum absolute atomic E-state index is 13.2. The highest BCUT2D eigenvalue weighted by molar-refractivity contribution is 7.22. The van der Waals surface area contributed by atoms with Gasteiger partial charge >= 0.3 is 5.97 Å². The van der Waals surface area contributed by atoms with Gasteiger partial charge in [-0.15, -0.1) is 11.3 Å². The normalized spacial score (nSPS) is 11.2. The number of hydrogen-bond acceptors (Lipinski definition) is 5. The Labute approximate surface area is 149 Å². The first-order valence-corrected chi connectivity index (χ1v) is 9.24. The van der Waals surface area contributed by atoms with Crippen molar-refractivity contribution in [2.24, 2.45) is 0 Å². The van der Waals surface area contributed by atoms with Crippen LogP contribution in [0.1, 0.15) is 36.4 Å². The van der Waals surface area contributed by atoms with Gasteiger partial charge in [-0.05, 0) is 19.4 Å². The van der Waals surface area contributed by atoms with E-state index in [-0.39, 0.29) is 12.2 Å². The zero-order valence-electron chi connectivity index (χ0n) is 14.6. The molecule has 0 spiro atoms. The van der Waals surface area contributed by atoms with Crippen molar-refractivity contribution in [1.29, 1.82) is 0 Å². The Kier molecular flexibility index (Phi) is 5.08. The minimum Gasteiger partial charge on any atom is -0.494 e. The smallest absolute Gasteiger partial charge is 0.352 e. The Morgan fingerprint density at radius 2 is 2.00 bits per heavy atom.